The summed E-state index contributed by atoms with van der Waals surface area (Å²) in [5, 5.41) is 1.38. The Labute approximate surface area is 115 Å². The summed E-state index contributed by atoms with van der Waals surface area (Å²) in [7, 11) is 3.36. The van der Waals surface area contributed by atoms with Crippen LogP contribution >= 0.6 is 0 Å². The molecule has 0 spiro atoms. The van der Waals surface area contributed by atoms with Crippen molar-refractivity contribution in [1.82, 2.24) is 9.96 Å². The van der Waals surface area contributed by atoms with E-state index in [-0.39, 0.29) is 11.9 Å². The van der Waals surface area contributed by atoms with E-state index in [2.05, 4.69) is 6.58 Å². The maximum Gasteiger partial charge on any atom is 0.352 e. The van der Waals surface area contributed by atoms with Crippen molar-refractivity contribution in [3.8, 4) is 0 Å². The molecule has 0 N–H and O–H groups in total. The second kappa shape index (κ2) is 9.33. The van der Waals surface area contributed by atoms with Crippen LogP contribution in [0.2, 0.25) is 0 Å². The minimum atomic E-state index is -0.281. The van der Waals surface area contributed by atoms with Gasteiger partial charge in [-0.25, -0.2) is 4.79 Å². The summed E-state index contributed by atoms with van der Waals surface area (Å²) >= 11 is 0. The van der Waals surface area contributed by atoms with Crippen LogP contribution in [0.25, 0.3) is 0 Å². The number of rotatable bonds is 4. The summed E-state index contributed by atoms with van der Waals surface area (Å²) in [4.78, 5) is 28.1. The maximum atomic E-state index is 11.0. The lowest BCUT2D eigenvalue weighted by Crippen LogP contribution is -2.18. The first-order chi connectivity index (χ1) is 8.92. The second-order valence-corrected chi connectivity index (χ2v) is 4.36. The molecule has 0 aromatic heterocycles. The molecule has 0 unspecified atom stereocenters. The third kappa shape index (κ3) is 7.41. The number of hydrogen-bond donors (Lipinski definition) is 0. The van der Waals surface area contributed by atoms with Crippen LogP contribution < -0.4 is 0 Å². The van der Waals surface area contributed by atoms with Crippen molar-refractivity contribution in [2.75, 3.05) is 20.6 Å². The molecule has 108 valence electrons. The topological polar surface area (TPSA) is 49.9 Å². The molecule has 1 rings (SSSR count). The Morgan fingerprint density at radius 3 is 2.47 bits per heavy atom. The molecule has 0 bridgehead atoms. The average Bonchev–Trinajstić information content (AvgIpc) is 2.75. The molecule has 0 aromatic rings. The Morgan fingerprint density at radius 1 is 1.53 bits per heavy atom. The number of carbonyl (C=O) groups is 2. The van der Waals surface area contributed by atoms with E-state index < -0.39 is 0 Å². The first kappa shape index (κ1) is 17.4. The zero-order valence-corrected chi connectivity index (χ0v) is 12.3. The minimum Gasteiger partial charge on any atom is -0.365 e. The fraction of sp³-hybridized carbons (Fsp3) is 0.571. The lowest BCUT2D eigenvalue weighted by atomic mass is 10.2. The van der Waals surface area contributed by atoms with Gasteiger partial charge in [-0.2, -0.15) is 0 Å². The Hall–Kier alpha value is -1.62. The minimum absolute atomic E-state index is 0.208. The highest BCUT2D eigenvalue weighted by Gasteiger charge is 2.16. The van der Waals surface area contributed by atoms with E-state index in [1.165, 1.54) is 5.06 Å². The fourth-order valence-electron chi connectivity index (χ4n) is 1.49. The Bertz CT molecular complexity index is 349. The number of amides is 1. The van der Waals surface area contributed by atoms with Gasteiger partial charge in [-0.1, -0.05) is 19.6 Å². The second-order valence-electron chi connectivity index (χ2n) is 4.36. The third-order valence-electron chi connectivity index (χ3n) is 2.43. The lowest BCUT2D eigenvalue weighted by Gasteiger charge is -2.09. The Kier molecular flexibility index (Phi) is 8.53. The van der Waals surface area contributed by atoms with Gasteiger partial charge in [0.05, 0.1) is 0 Å². The van der Waals surface area contributed by atoms with Crippen LogP contribution in [-0.2, 0) is 14.4 Å². The number of likely N-dealkylation sites (tertiary alicyclic amines) is 1. The summed E-state index contributed by atoms with van der Waals surface area (Å²) in [5.74, 6) is -0.0724. The monoisotopic (exact) mass is 268 g/mol. The van der Waals surface area contributed by atoms with Crippen LogP contribution in [0, 0.1) is 0 Å². The molecule has 5 nitrogen and oxygen atoms in total. The third-order valence-corrected chi connectivity index (χ3v) is 2.43. The van der Waals surface area contributed by atoms with E-state index in [9.17, 15) is 9.59 Å². The van der Waals surface area contributed by atoms with Gasteiger partial charge < -0.3 is 9.74 Å². The molecule has 1 aliphatic rings. The summed E-state index contributed by atoms with van der Waals surface area (Å²) in [6.45, 7) is 8.09. The van der Waals surface area contributed by atoms with Crippen LogP contribution in [0.5, 0.6) is 0 Å². The molecule has 1 fully saturated rings. The zero-order chi connectivity index (χ0) is 14.8. The molecule has 5 heteroatoms. The van der Waals surface area contributed by atoms with E-state index in [1.807, 2.05) is 13.0 Å². The molecule has 1 saturated heterocycles. The van der Waals surface area contributed by atoms with Crippen LogP contribution in [0.3, 0.4) is 0 Å². The largest absolute Gasteiger partial charge is 0.365 e. The first-order valence-corrected chi connectivity index (χ1v) is 6.40. The van der Waals surface area contributed by atoms with Gasteiger partial charge in [0.15, 0.2) is 0 Å². The highest BCUT2D eigenvalue weighted by Crippen LogP contribution is 2.08. The molecule has 0 saturated carbocycles. The smallest absolute Gasteiger partial charge is 0.352 e. The van der Waals surface area contributed by atoms with E-state index in [0.29, 0.717) is 12.0 Å². The van der Waals surface area contributed by atoms with Crippen molar-refractivity contribution >= 4 is 11.9 Å². The van der Waals surface area contributed by atoms with Crippen LogP contribution in [0.15, 0.2) is 24.4 Å². The molecule has 1 amide bonds. The highest BCUT2D eigenvalue weighted by molar-refractivity contribution is 5.87. The van der Waals surface area contributed by atoms with Gasteiger partial charge in [0.1, 0.15) is 0 Å². The fourth-order valence-corrected chi connectivity index (χ4v) is 1.49. The molecule has 19 heavy (non-hydrogen) atoms. The predicted molar refractivity (Wildman–Crippen MR) is 75.0 cm³/mol. The summed E-state index contributed by atoms with van der Waals surface area (Å²) in [5.41, 5.74) is 0.654. The van der Waals surface area contributed by atoms with E-state index in [1.54, 1.807) is 32.1 Å². The quantitative estimate of drug-likeness (QED) is 0.579. The van der Waals surface area contributed by atoms with Crippen LogP contribution in [0.1, 0.15) is 33.1 Å². The summed E-state index contributed by atoms with van der Waals surface area (Å²) in [6, 6.07) is 0. The Balaban J connectivity index is 0.000000356. The van der Waals surface area contributed by atoms with Gasteiger partial charge in [0.25, 0.3) is 0 Å². The number of nitrogens with zero attached hydrogens (tertiary/aromatic N) is 2. The molecule has 0 aromatic carbocycles. The molecular weight excluding hydrogens is 244 g/mol. The van der Waals surface area contributed by atoms with Crippen molar-refractivity contribution in [2.24, 2.45) is 0 Å². The van der Waals surface area contributed by atoms with Crippen molar-refractivity contribution in [1.29, 1.82) is 0 Å². The molecular formula is C14H24N2O3. The number of hydroxylamine groups is 2. The van der Waals surface area contributed by atoms with Gasteiger partial charge in [0, 0.05) is 32.6 Å². The maximum absolute atomic E-state index is 11.0. The molecule has 0 aliphatic carbocycles. The van der Waals surface area contributed by atoms with Gasteiger partial charge in [-0.3, -0.25) is 4.79 Å². The average molecular weight is 268 g/mol. The van der Waals surface area contributed by atoms with Gasteiger partial charge in [-0.15, -0.1) is 5.06 Å². The van der Waals surface area contributed by atoms with Crippen molar-refractivity contribution in [3.63, 3.8) is 0 Å². The van der Waals surface area contributed by atoms with Gasteiger partial charge in [-0.05, 0) is 26.0 Å². The predicted octanol–water partition coefficient (Wildman–Crippen LogP) is 2.11. The number of allylic oxidation sites excluding steroid dienone is 1. The van der Waals surface area contributed by atoms with Gasteiger partial charge in [0.2, 0.25) is 5.91 Å². The lowest BCUT2D eigenvalue weighted by molar-refractivity contribution is -0.172. The Morgan fingerprint density at radius 2 is 2.16 bits per heavy atom. The van der Waals surface area contributed by atoms with Crippen molar-refractivity contribution in [3.05, 3.63) is 24.4 Å². The molecule has 1 aliphatic heterocycles. The SMILES string of the molecule is C=CN1CCCC1=O.CCC=C(C)C(=O)ON(C)C. The number of carbonyl (C=O) groups excluding carboxylic acids is 2. The summed E-state index contributed by atoms with van der Waals surface area (Å²) < 4.78 is 0. The van der Waals surface area contributed by atoms with Crippen molar-refractivity contribution in [2.45, 2.75) is 33.1 Å². The standard InChI is InChI=1S/C8H15NO2.C6H9NO/c1-5-6-7(2)8(10)11-9(3)4;1-2-7-5-3-4-6(7)8/h6H,5H2,1-4H3;2H,1,3-5H2. The molecule has 0 atom stereocenters. The van der Waals surface area contributed by atoms with Crippen LogP contribution in [-0.4, -0.2) is 42.5 Å². The normalized spacial score (nSPS) is 15.1. The van der Waals surface area contributed by atoms with E-state index >= 15 is 0 Å². The highest BCUT2D eigenvalue weighted by atomic mass is 16.7. The van der Waals surface area contributed by atoms with E-state index in [0.717, 1.165) is 19.4 Å². The zero-order valence-electron chi connectivity index (χ0n) is 12.3. The van der Waals surface area contributed by atoms with Crippen molar-refractivity contribution < 1.29 is 14.4 Å². The van der Waals surface area contributed by atoms with Gasteiger partial charge >= 0.3 is 5.97 Å². The van der Waals surface area contributed by atoms with E-state index in [4.69, 9.17) is 4.84 Å². The molecule has 0 radical (unpaired) electrons. The summed E-state index contributed by atoms with van der Waals surface area (Å²) in [6.07, 6.45) is 5.98. The van der Waals surface area contributed by atoms with Crippen LogP contribution in [0.4, 0.5) is 0 Å². The molecule has 1 heterocycles. The first-order valence-electron chi connectivity index (χ1n) is 6.40. The number of hydrogen-bond acceptors (Lipinski definition) is 4.